The molecule has 3 heterocycles. The number of aromatic nitrogens is 3. The summed E-state index contributed by atoms with van der Waals surface area (Å²) in [7, 11) is 3.30. The van der Waals surface area contributed by atoms with Crippen molar-refractivity contribution in [3.63, 3.8) is 0 Å². The molecule has 0 saturated carbocycles. The minimum atomic E-state index is 0.205. The fraction of sp³-hybridized carbons (Fsp3) is 0.333. The summed E-state index contributed by atoms with van der Waals surface area (Å²) < 4.78 is 19.3. The van der Waals surface area contributed by atoms with Crippen molar-refractivity contribution in [3.8, 4) is 51.1 Å². The number of hydrogen-bond acceptors (Lipinski definition) is 6. The Labute approximate surface area is 199 Å². The number of methoxy groups -OCH3 is 2. The van der Waals surface area contributed by atoms with Crippen LogP contribution in [-0.2, 0) is 6.42 Å². The van der Waals surface area contributed by atoms with E-state index in [0.29, 0.717) is 29.0 Å². The zero-order valence-electron chi connectivity index (χ0n) is 20.6. The third-order valence-corrected chi connectivity index (χ3v) is 6.79. The third-order valence-electron chi connectivity index (χ3n) is 6.79. The summed E-state index contributed by atoms with van der Waals surface area (Å²) in [6.07, 6.45) is 0.855. The van der Waals surface area contributed by atoms with Crippen LogP contribution in [0.5, 0.6) is 17.2 Å². The van der Waals surface area contributed by atoms with Gasteiger partial charge in [0.05, 0.1) is 25.5 Å². The smallest absolute Gasteiger partial charge is 0.260 e. The van der Waals surface area contributed by atoms with Crippen LogP contribution in [0.2, 0.25) is 0 Å². The first-order valence-electron chi connectivity index (χ1n) is 11.4. The average molecular weight is 460 g/mol. The van der Waals surface area contributed by atoms with Gasteiger partial charge in [-0.3, -0.25) is 0 Å². The van der Waals surface area contributed by atoms with Crippen LogP contribution in [0.1, 0.15) is 41.2 Å². The van der Waals surface area contributed by atoms with E-state index in [9.17, 15) is 5.11 Å². The van der Waals surface area contributed by atoms with E-state index >= 15 is 0 Å². The summed E-state index contributed by atoms with van der Waals surface area (Å²) in [4.78, 5) is 4.63. The molecular formula is C27H29N3O4. The first-order chi connectivity index (χ1) is 16.2. The largest absolute Gasteiger partial charge is 0.507 e. The maximum atomic E-state index is 10.4. The van der Waals surface area contributed by atoms with E-state index in [4.69, 9.17) is 14.0 Å². The first-order valence-corrected chi connectivity index (χ1v) is 11.4. The number of rotatable bonds is 4. The SMILES string of the molecule is COc1cc2c(cc1OC)-c1c(-c3nc(C)no3)c(-c3cc(C)c(O)c(C)c3)c(C)n1C(C)C2. The second kappa shape index (κ2) is 7.94. The molecule has 2 aromatic heterocycles. The van der Waals surface area contributed by atoms with Crippen molar-refractivity contribution in [2.45, 2.75) is 47.1 Å². The van der Waals surface area contributed by atoms with Gasteiger partial charge in [-0.05, 0) is 87.6 Å². The van der Waals surface area contributed by atoms with Gasteiger partial charge >= 0.3 is 0 Å². The van der Waals surface area contributed by atoms with E-state index in [1.807, 2.05) is 39.0 Å². The quantitative estimate of drug-likeness (QED) is 0.406. The van der Waals surface area contributed by atoms with Crippen molar-refractivity contribution in [1.29, 1.82) is 0 Å². The van der Waals surface area contributed by atoms with Crippen LogP contribution in [0.3, 0.4) is 0 Å². The van der Waals surface area contributed by atoms with Crippen LogP contribution in [0.15, 0.2) is 28.8 Å². The number of aryl methyl sites for hydroxylation is 3. The van der Waals surface area contributed by atoms with Gasteiger partial charge < -0.3 is 23.7 Å². The van der Waals surface area contributed by atoms with Gasteiger partial charge in [-0.15, -0.1) is 0 Å². The van der Waals surface area contributed by atoms with E-state index in [-0.39, 0.29) is 6.04 Å². The van der Waals surface area contributed by atoms with Crippen molar-refractivity contribution >= 4 is 0 Å². The second-order valence-corrected chi connectivity index (χ2v) is 9.08. The van der Waals surface area contributed by atoms with Crippen molar-refractivity contribution in [3.05, 3.63) is 52.5 Å². The number of benzene rings is 2. The number of ether oxygens (including phenoxy) is 2. The Morgan fingerprint density at radius 1 is 0.971 bits per heavy atom. The molecule has 1 aliphatic heterocycles. The van der Waals surface area contributed by atoms with Crippen molar-refractivity contribution in [1.82, 2.24) is 14.7 Å². The first kappa shape index (κ1) is 22.1. The molecule has 34 heavy (non-hydrogen) atoms. The highest BCUT2D eigenvalue weighted by molar-refractivity contribution is 5.95. The van der Waals surface area contributed by atoms with Crippen molar-refractivity contribution < 1.29 is 19.1 Å². The predicted molar refractivity (Wildman–Crippen MR) is 131 cm³/mol. The molecule has 5 rings (SSSR count). The molecule has 176 valence electrons. The normalized spacial score (nSPS) is 14.6. The predicted octanol–water partition coefficient (Wildman–Crippen LogP) is 5.95. The van der Waals surface area contributed by atoms with Gasteiger partial charge in [0.1, 0.15) is 5.75 Å². The Kier molecular flexibility index (Phi) is 5.15. The molecule has 7 nitrogen and oxygen atoms in total. The average Bonchev–Trinajstić information content (AvgIpc) is 3.37. The summed E-state index contributed by atoms with van der Waals surface area (Å²) in [5, 5.41) is 14.5. The van der Waals surface area contributed by atoms with Gasteiger partial charge in [-0.25, -0.2) is 0 Å². The monoisotopic (exact) mass is 459 g/mol. The minimum Gasteiger partial charge on any atom is -0.507 e. The lowest BCUT2D eigenvalue weighted by Gasteiger charge is -2.28. The molecule has 2 aromatic carbocycles. The molecular weight excluding hydrogens is 430 g/mol. The zero-order chi connectivity index (χ0) is 24.3. The molecule has 0 bridgehead atoms. The molecule has 4 aromatic rings. The minimum absolute atomic E-state index is 0.205. The molecule has 0 radical (unpaired) electrons. The van der Waals surface area contributed by atoms with Gasteiger partial charge in [0.25, 0.3) is 5.89 Å². The molecule has 1 unspecified atom stereocenters. The van der Waals surface area contributed by atoms with Crippen LogP contribution in [-0.4, -0.2) is 34.0 Å². The van der Waals surface area contributed by atoms with Crippen molar-refractivity contribution in [2.24, 2.45) is 0 Å². The standard InChI is InChI=1S/C27H29N3O4/c1-13-8-19(9-14(2)26(13)31)23-16(4)30-15(3)10-18-11-21(32-6)22(33-7)12-20(18)25(30)24(23)27-28-17(5)29-34-27/h8-9,11-12,15,31H,10H2,1-7H3. The molecule has 1 aliphatic rings. The Balaban J connectivity index is 1.91. The fourth-order valence-electron chi connectivity index (χ4n) is 5.30. The van der Waals surface area contributed by atoms with Crippen LogP contribution in [0.4, 0.5) is 0 Å². The van der Waals surface area contributed by atoms with Gasteiger partial charge in [0.15, 0.2) is 17.3 Å². The van der Waals surface area contributed by atoms with Crippen molar-refractivity contribution in [2.75, 3.05) is 14.2 Å². The topological polar surface area (TPSA) is 82.5 Å². The summed E-state index contributed by atoms with van der Waals surface area (Å²) in [6.45, 7) is 10.0. The van der Waals surface area contributed by atoms with E-state index in [1.165, 1.54) is 5.56 Å². The molecule has 0 spiro atoms. The number of phenolic OH excluding ortho intramolecular Hbond substituents is 1. The second-order valence-electron chi connectivity index (χ2n) is 9.08. The lowest BCUT2D eigenvalue weighted by Crippen LogP contribution is -2.17. The van der Waals surface area contributed by atoms with Gasteiger partial charge in [-0.1, -0.05) is 5.16 Å². The molecule has 7 heteroatoms. The van der Waals surface area contributed by atoms with Crippen LogP contribution in [0.25, 0.3) is 33.8 Å². The lowest BCUT2D eigenvalue weighted by molar-refractivity contribution is 0.354. The summed E-state index contributed by atoms with van der Waals surface area (Å²) in [5.74, 6) is 2.75. The Bertz CT molecular complexity index is 1410. The lowest BCUT2D eigenvalue weighted by atomic mass is 9.90. The fourth-order valence-corrected chi connectivity index (χ4v) is 5.30. The highest BCUT2D eigenvalue weighted by atomic mass is 16.5. The van der Waals surface area contributed by atoms with E-state index in [0.717, 1.165) is 51.2 Å². The number of aromatic hydroxyl groups is 1. The number of fused-ring (bicyclic) bond motifs is 3. The van der Waals surface area contributed by atoms with Crippen LogP contribution >= 0.6 is 0 Å². The van der Waals surface area contributed by atoms with E-state index in [2.05, 4.69) is 34.6 Å². The van der Waals surface area contributed by atoms with E-state index < -0.39 is 0 Å². The molecule has 1 N–H and O–H groups in total. The maximum Gasteiger partial charge on any atom is 0.260 e. The highest BCUT2D eigenvalue weighted by Gasteiger charge is 2.34. The number of nitrogens with zero attached hydrogens (tertiary/aromatic N) is 3. The van der Waals surface area contributed by atoms with Gasteiger partial charge in [0.2, 0.25) is 0 Å². The number of hydrogen-bond donors (Lipinski definition) is 1. The molecule has 0 aliphatic carbocycles. The Morgan fingerprint density at radius 2 is 1.62 bits per heavy atom. The molecule has 0 amide bonds. The molecule has 0 fully saturated rings. The molecule has 1 atom stereocenters. The summed E-state index contributed by atoms with van der Waals surface area (Å²) in [5.41, 5.74) is 8.94. The van der Waals surface area contributed by atoms with Gasteiger partial charge in [-0.2, -0.15) is 4.98 Å². The van der Waals surface area contributed by atoms with Crippen LogP contribution in [0, 0.1) is 27.7 Å². The van der Waals surface area contributed by atoms with Crippen LogP contribution < -0.4 is 9.47 Å². The molecule has 0 saturated heterocycles. The maximum absolute atomic E-state index is 10.4. The Hall–Kier alpha value is -3.74. The Morgan fingerprint density at radius 3 is 2.21 bits per heavy atom. The summed E-state index contributed by atoms with van der Waals surface area (Å²) >= 11 is 0. The third kappa shape index (κ3) is 3.18. The number of phenols is 1. The highest BCUT2D eigenvalue weighted by Crippen LogP contribution is 2.51. The van der Waals surface area contributed by atoms with E-state index in [1.54, 1.807) is 14.2 Å². The summed E-state index contributed by atoms with van der Waals surface area (Å²) in [6, 6.07) is 8.34. The zero-order valence-corrected chi connectivity index (χ0v) is 20.6. The van der Waals surface area contributed by atoms with Gasteiger partial charge in [0, 0.05) is 22.9 Å².